The van der Waals surface area contributed by atoms with Crippen molar-refractivity contribution in [1.82, 2.24) is 4.98 Å². The van der Waals surface area contributed by atoms with E-state index >= 15 is 0 Å². The SMILES string of the molecule is CC(=O)Nc1cnc(-c2ccc(C3(N)CCC3)cc2)c(-c2ccsc2C)c1. The Kier molecular flexibility index (Phi) is 4.58. The molecule has 0 bridgehead atoms. The fourth-order valence-corrected chi connectivity index (χ4v) is 4.36. The lowest BCUT2D eigenvalue weighted by atomic mass is 9.72. The van der Waals surface area contributed by atoms with E-state index in [0.717, 1.165) is 35.2 Å². The van der Waals surface area contributed by atoms with Crippen molar-refractivity contribution >= 4 is 22.9 Å². The zero-order valence-corrected chi connectivity index (χ0v) is 16.4. The average molecular weight is 378 g/mol. The van der Waals surface area contributed by atoms with Crippen molar-refractivity contribution in [3.8, 4) is 22.4 Å². The Balaban J connectivity index is 1.77. The zero-order valence-electron chi connectivity index (χ0n) is 15.6. The molecule has 27 heavy (non-hydrogen) atoms. The smallest absolute Gasteiger partial charge is 0.221 e. The minimum atomic E-state index is -0.159. The summed E-state index contributed by atoms with van der Waals surface area (Å²) in [6, 6.07) is 12.6. The highest BCUT2D eigenvalue weighted by Crippen LogP contribution is 2.40. The first-order valence-electron chi connectivity index (χ1n) is 9.18. The number of pyridine rings is 1. The molecular formula is C22H23N3OS. The molecule has 5 heteroatoms. The summed E-state index contributed by atoms with van der Waals surface area (Å²) in [5, 5.41) is 4.92. The summed E-state index contributed by atoms with van der Waals surface area (Å²) in [6.45, 7) is 3.61. The van der Waals surface area contributed by atoms with E-state index in [4.69, 9.17) is 5.73 Å². The van der Waals surface area contributed by atoms with Crippen LogP contribution < -0.4 is 11.1 Å². The molecular weight excluding hydrogens is 354 g/mol. The standard InChI is InChI=1S/C22H23N3OS/c1-14-19(8-11-27-14)20-12-18(25-15(2)26)13-24-21(20)16-4-6-17(7-5-16)22(23)9-3-10-22/h4-8,11-13H,3,9-10,23H2,1-2H3,(H,25,26). The highest BCUT2D eigenvalue weighted by molar-refractivity contribution is 7.10. The first-order valence-corrected chi connectivity index (χ1v) is 10.1. The van der Waals surface area contributed by atoms with Gasteiger partial charge >= 0.3 is 0 Å². The number of rotatable bonds is 4. The van der Waals surface area contributed by atoms with E-state index in [0.29, 0.717) is 5.69 Å². The number of amides is 1. The molecule has 1 aliphatic carbocycles. The van der Waals surface area contributed by atoms with Crippen LogP contribution in [-0.4, -0.2) is 10.9 Å². The molecule has 1 aromatic carbocycles. The first kappa shape index (κ1) is 17.9. The van der Waals surface area contributed by atoms with Crippen molar-refractivity contribution < 1.29 is 4.79 Å². The summed E-state index contributed by atoms with van der Waals surface area (Å²) >= 11 is 1.71. The van der Waals surface area contributed by atoms with E-state index in [9.17, 15) is 4.79 Å². The second-order valence-corrected chi connectivity index (χ2v) is 8.40. The number of aryl methyl sites for hydroxylation is 1. The summed E-state index contributed by atoms with van der Waals surface area (Å²) in [5.74, 6) is -0.101. The number of nitrogens with one attached hydrogen (secondary N) is 1. The van der Waals surface area contributed by atoms with Crippen LogP contribution in [0, 0.1) is 6.92 Å². The normalized spacial score (nSPS) is 15.2. The molecule has 0 radical (unpaired) electrons. The Morgan fingerprint density at radius 3 is 2.48 bits per heavy atom. The van der Waals surface area contributed by atoms with E-state index < -0.39 is 0 Å². The van der Waals surface area contributed by atoms with E-state index in [-0.39, 0.29) is 11.4 Å². The third-order valence-electron chi connectivity index (χ3n) is 5.34. The van der Waals surface area contributed by atoms with Crippen LogP contribution >= 0.6 is 11.3 Å². The van der Waals surface area contributed by atoms with Crippen LogP contribution in [0.2, 0.25) is 0 Å². The molecule has 0 unspecified atom stereocenters. The maximum atomic E-state index is 11.4. The van der Waals surface area contributed by atoms with Gasteiger partial charge in [-0.05, 0) is 54.8 Å². The maximum absolute atomic E-state index is 11.4. The summed E-state index contributed by atoms with van der Waals surface area (Å²) in [6.07, 6.45) is 5.02. The molecule has 1 fully saturated rings. The molecule has 138 valence electrons. The largest absolute Gasteiger partial charge is 0.325 e. The molecule has 1 aliphatic rings. The number of hydrogen-bond donors (Lipinski definition) is 2. The van der Waals surface area contributed by atoms with Gasteiger partial charge in [0.05, 0.1) is 17.6 Å². The summed E-state index contributed by atoms with van der Waals surface area (Å²) < 4.78 is 0. The number of nitrogens with zero attached hydrogens (tertiary/aromatic N) is 1. The fourth-order valence-electron chi connectivity index (χ4n) is 3.64. The van der Waals surface area contributed by atoms with Crippen LogP contribution in [0.3, 0.4) is 0 Å². The molecule has 2 heterocycles. The van der Waals surface area contributed by atoms with E-state index in [1.54, 1.807) is 17.5 Å². The van der Waals surface area contributed by atoms with Crippen molar-refractivity contribution in [2.45, 2.75) is 38.6 Å². The van der Waals surface area contributed by atoms with Gasteiger partial charge in [0.15, 0.2) is 0 Å². The van der Waals surface area contributed by atoms with Gasteiger partial charge in [-0.15, -0.1) is 11.3 Å². The van der Waals surface area contributed by atoms with Crippen molar-refractivity contribution in [1.29, 1.82) is 0 Å². The van der Waals surface area contributed by atoms with Gasteiger partial charge in [0.1, 0.15) is 0 Å². The van der Waals surface area contributed by atoms with Gasteiger partial charge in [0, 0.05) is 28.5 Å². The summed E-state index contributed by atoms with van der Waals surface area (Å²) in [7, 11) is 0. The topological polar surface area (TPSA) is 68.0 Å². The highest BCUT2D eigenvalue weighted by Gasteiger charge is 2.34. The monoisotopic (exact) mass is 377 g/mol. The Morgan fingerprint density at radius 2 is 1.93 bits per heavy atom. The van der Waals surface area contributed by atoms with Crippen LogP contribution in [-0.2, 0) is 10.3 Å². The number of nitrogens with two attached hydrogens (primary N) is 1. The highest BCUT2D eigenvalue weighted by atomic mass is 32.1. The third kappa shape index (κ3) is 3.40. The van der Waals surface area contributed by atoms with Gasteiger partial charge in [-0.25, -0.2) is 0 Å². The van der Waals surface area contributed by atoms with Crippen molar-refractivity contribution in [2.75, 3.05) is 5.32 Å². The molecule has 3 N–H and O–H groups in total. The Labute approximate surface area is 163 Å². The van der Waals surface area contributed by atoms with E-state index in [1.807, 2.05) is 6.07 Å². The number of anilines is 1. The molecule has 0 spiro atoms. The Hall–Kier alpha value is -2.50. The van der Waals surface area contributed by atoms with Crippen LogP contribution in [0.4, 0.5) is 5.69 Å². The second-order valence-electron chi connectivity index (χ2n) is 7.28. The molecule has 3 aromatic rings. The maximum Gasteiger partial charge on any atom is 0.221 e. The average Bonchev–Trinajstić information content (AvgIpc) is 3.05. The van der Waals surface area contributed by atoms with Crippen LogP contribution in [0.15, 0.2) is 48.0 Å². The number of thiophene rings is 1. The van der Waals surface area contributed by atoms with Crippen molar-refractivity contribution in [3.05, 3.63) is 58.4 Å². The summed E-state index contributed by atoms with van der Waals surface area (Å²) in [4.78, 5) is 17.4. The van der Waals surface area contributed by atoms with Crippen molar-refractivity contribution in [3.63, 3.8) is 0 Å². The number of hydrogen-bond acceptors (Lipinski definition) is 4. The fraction of sp³-hybridized carbons (Fsp3) is 0.273. The Bertz CT molecular complexity index is 987. The first-order chi connectivity index (χ1) is 13.0. The van der Waals surface area contributed by atoms with Gasteiger partial charge < -0.3 is 11.1 Å². The Morgan fingerprint density at radius 1 is 1.19 bits per heavy atom. The molecule has 4 nitrogen and oxygen atoms in total. The van der Waals surface area contributed by atoms with Gasteiger partial charge in [0.2, 0.25) is 5.91 Å². The molecule has 4 rings (SSSR count). The van der Waals surface area contributed by atoms with Crippen LogP contribution in [0.5, 0.6) is 0 Å². The molecule has 0 atom stereocenters. The van der Waals surface area contributed by atoms with Gasteiger partial charge in [0.25, 0.3) is 0 Å². The van der Waals surface area contributed by atoms with E-state index in [2.05, 4.69) is 52.9 Å². The molecule has 0 saturated heterocycles. The molecule has 0 aliphatic heterocycles. The predicted octanol–water partition coefficient (Wildman–Crippen LogP) is 5.08. The lowest BCUT2D eigenvalue weighted by Crippen LogP contribution is -2.43. The predicted molar refractivity (Wildman–Crippen MR) is 112 cm³/mol. The third-order valence-corrected chi connectivity index (χ3v) is 6.18. The molecule has 1 saturated carbocycles. The molecule has 1 amide bonds. The minimum absolute atomic E-state index is 0.101. The second kappa shape index (κ2) is 6.91. The lowest BCUT2D eigenvalue weighted by Gasteiger charge is -2.38. The minimum Gasteiger partial charge on any atom is -0.325 e. The van der Waals surface area contributed by atoms with Crippen LogP contribution in [0.1, 0.15) is 36.6 Å². The van der Waals surface area contributed by atoms with E-state index in [1.165, 1.54) is 23.8 Å². The van der Waals surface area contributed by atoms with Gasteiger partial charge in [-0.1, -0.05) is 24.3 Å². The number of aromatic nitrogens is 1. The zero-order chi connectivity index (χ0) is 19.0. The van der Waals surface area contributed by atoms with Crippen molar-refractivity contribution in [2.24, 2.45) is 5.73 Å². The number of benzene rings is 1. The van der Waals surface area contributed by atoms with Crippen LogP contribution in [0.25, 0.3) is 22.4 Å². The number of carbonyl (C=O) groups excluding carboxylic acids is 1. The number of carbonyl (C=O) groups is 1. The summed E-state index contributed by atoms with van der Waals surface area (Å²) in [5.41, 5.74) is 12.3. The van der Waals surface area contributed by atoms with Gasteiger partial charge in [-0.3, -0.25) is 9.78 Å². The quantitative estimate of drug-likeness (QED) is 0.666. The van der Waals surface area contributed by atoms with Gasteiger partial charge in [-0.2, -0.15) is 0 Å². The molecule has 2 aromatic heterocycles. The lowest BCUT2D eigenvalue weighted by molar-refractivity contribution is -0.114.